The van der Waals surface area contributed by atoms with E-state index in [0.717, 1.165) is 16.9 Å². The van der Waals surface area contributed by atoms with Gasteiger partial charge in [0.25, 0.3) is 0 Å². The summed E-state index contributed by atoms with van der Waals surface area (Å²) >= 11 is 12.7. The molecule has 16 heavy (non-hydrogen) atoms. The molecule has 0 spiro atoms. The second kappa shape index (κ2) is 4.46. The van der Waals surface area contributed by atoms with E-state index in [4.69, 9.17) is 23.2 Å². The van der Waals surface area contributed by atoms with Crippen LogP contribution in [0.1, 0.15) is 18.4 Å². The van der Waals surface area contributed by atoms with Crippen LogP contribution >= 0.6 is 34.5 Å². The number of hydrogen-bond donors (Lipinski definition) is 1. The van der Waals surface area contributed by atoms with Crippen LogP contribution in [0.5, 0.6) is 0 Å². The monoisotopic (exact) mass is 299 g/mol. The van der Waals surface area contributed by atoms with Gasteiger partial charge in [-0.3, -0.25) is 0 Å². The summed E-state index contributed by atoms with van der Waals surface area (Å²) in [6, 6.07) is 1.56. The Bertz CT molecular complexity index is 472. The first kappa shape index (κ1) is 12.6. The van der Waals surface area contributed by atoms with Crippen molar-refractivity contribution in [3.05, 3.63) is 16.0 Å². The van der Waals surface area contributed by atoms with Crippen LogP contribution in [-0.4, -0.2) is 19.8 Å². The minimum Gasteiger partial charge on any atom is -0.207 e. The van der Waals surface area contributed by atoms with Gasteiger partial charge in [-0.2, -0.15) is 0 Å². The third-order valence-electron chi connectivity index (χ3n) is 2.50. The highest BCUT2D eigenvalue weighted by Crippen LogP contribution is 2.32. The van der Waals surface area contributed by atoms with Gasteiger partial charge < -0.3 is 0 Å². The van der Waals surface area contributed by atoms with Gasteiger partial charge in [-0.1, -0.05) is 11.6 Å². The lowest BCUT2D eigenvalue weighted by atomic mass is 9.94. The maximum atomic E-state index is 11.9. The SMILES string of the molecule is Cc1cc(S(=O)(=O)NC2CC(Cl)C2)sc1Cl. The minimum atomic E-state index is -3.42. The number of nitrogens with one attached hydrogen (secondary N) is 1. The second-order valence-corrected chi connectivity index (χ2v) is 8.12. The molecule has 1 fully saturated rings. The van der Waals surface area contributed by atoms with Gasteiger partial charge in [0.05, 0.1) is 4.34 Å². The third-order valence-corrected chi connectivity index (χ3v) is 6.41. The lowest BCUT2D eigenvalue weighted by molar-refractivity contribution is 0.391. The number of halogens is 2. The Labute approximate surface area is 109 Å². The Morgan fingerprint density at radius 2 is 2.12 bits per heavy atom. The third kappa shape index (κ3) is 2.54. The Morgan fingerprint density at radius 3 is 2.56 bits per heavy atom. The van der Waals surface area contributed by atoms with Gasteiger partial charge in [0.2, 0.25) is 10.0 Å². The summed E-state index contributed by atoms with van der Waals surface area (Å²) in [4.78, 5) is 0. The van der Waals surface area contributed by atoms with Crippen LogP contribution in [0.15, 0.2) is 10.3 Å². The number of aryl methyl sites for hydroxylation is 1. The molecule has 2 rings (SSSR count). The van der Waals surface area contributed by atoms with Crippen LogP contribution in [0.2, 0.25) is 4.34 Å². The molecule has 1 aromatic rings. The van der Waals surface area contributed by atoms with Gasteiger partial charge >= 0.3 is 0 Å². The van der Waals surface area contributed by atoms with Crippen molar-refractivity contribution in [2.45, 2.75) is 35.4 Å². The summed E-state index contributed by atoms with van der Waals surface area (Å²) in [5.41, 5.74) is 0.788. The second-order valence-electron chi connectivity index (χ2n) is 3.91. The number of rotatable bonds is 3. The van der Waals surface area contributed by atoms with E-state index in [1.165, 1.54) is 0 Å². The molecule has 0 amide bonds. The molecular weight excluding hydrogens is 289 g/mol. The van der Waals surface area contributed by atoms with Crippen molar-refractivity contribution in [1.82, 2.24) is 4.72 Å². The van der Waals surface area contributed by atoms with Crippen LogP contribution in [0.3, 0.4) is 0 Å². The van der Waals surface area contributed by atoms with Gasteiger partial charge in [0.1, 0.15) is 4.21 Å². The number of sulfonamides is 1. The molecule has 0 atom stereocenters. The van der Waals surface area contributed by atoms with Gasteiger partial charge in [-0.25, -0.2) is 13.1 Å². The van der Waals surface area contributed by atoms with Crippen LogP contribution < -0.4 is 4.72 Å². The normalized spacial score (nSPS) is 25.4. The first-order chi connectivity index (χ1) is 7.38. The fraction of sp³-hybridized carbons (Fsp3) is 0.556. The number of thiophene rings is 1. The van der Waals surface area contributed by atoms with Gasteiger partial charge in [0, 0.05) is 11.4 Å². The molecule has 7 heteroatoms. The highest BCUT2D eigenvalue weighted by molar-refractivity contribution is 7.91. The smallest absolute Gasteiger partial charge is 0.207 e. The predicted molar refractivity (Wildman–Crippen MR) is 67.1 cm³/mol. The number of hydrogen-bond acceptors (Lipinski definition) is 3. The summed E-state index contributed by atoms with van der Waals surface area (Å²) in [6.07, 6.45) is 1.39. The molecule has 0 saturated heterocycles. The first-order valence-corrected chi connectivity index (χ1v) is 7.92. The molecule has 3 nitrogen and oxygen atoms in total. The molecule has 1 aliphatic rings. The van der Waals surface area contributed by atoms with E-state index in [1.54, 1.807) is 13.0 Å². The molecule has 1 N–H and O–H groups in total. The Balaban J connectivity index is 2.13. The molecule has 0 radical (unpaired) electrons. The molecule has 0 aliphatic heterocycles. The lowest BCUT2D eigenvalue weighted by Crippen LogP contribution is -2.44. The molecule has 1 aliphatic carbocycles. The van der Waals surface area contributed by atoms with E-state index in [9.17, 15) is 8.42 Å². The van der Waals surface area contributed by atoms with E-state index in [1.807, 2.05) is 0 Å². The molecule has 1 aromatic heterocycles. The summed E-state index contributed by atoms with van der Waals surface area (Å²) in [5.74, 6) is 0. The van der Waals surface area contributed by atoms with E-state index in [2.05, 4.69) is 4.72 Å². The van der Waals surface area contributed by atoms with Gasteiger partial charge in [0.15, 0.2) is 0 Å². The highest BCUT2D eigenvalue weighted by atomic mass is 35.5. The zero-order valence-corrected chi connectivity index (χ0v) is 11.7. The Hall–Kier alpha value is 0.190. The molecule has 90 valence electrons. The quantitative estimate of drug-likeness (QED) is 0.873. The van der Waals surface area contributed by atoms with E-state index < -0.39 is 10.0 Å². The van der Waals surface area contributed by atoms with E-state index in [-0.39, 0.29) is 15.6 Å². The van der Waals surface area contributed by atoms with Crippen LogP contribution in [0.25, 0.3) is 0 Å². The summed E-state index contributed by atoms with van der Waals surface area (Å²) in [7, 11) is -3.42. The summed E-state index contributed by atoms with van der Waals surface area (Å²) in [5, 5.41) is 0.0985. The zero-order valence-electron chi connectivity index (χ0n) is 8.54. The first-order valence-electron chi connectivity index (χ1n) is 4.81. The molecular formula is C9H11Cl2NO2S2. The fourth-order valence-electron chi connectivity index (χ4n) is 1.49. The maximum absolute atomic E-state index is 11.9. The average Bonchev–Trinajstić information content (AvgIpc) is 2.45. The maximum Gasteiger partial charge on any atom is 0.250 e. The molecule has 0 aromatic carbocycles. The lowest BCUT2D eigenvalue weighted by Gasteiger charge is -2.30. The van der Waals surface area contributed by atoms with Crippen molar-refractivity contribution < 1.29 is 8.42 Å². The minimum absolute atomic E-state index is 0.0336. The largest absolute Gasteiger partial charge is 0.250 e. The standard InChI is InChI=1S/C9H11Cl2NO2S2/c1-5-2-8(15-9(5)11)16(13,14)12-7-3-6(10)4-7/h2,6-7,12H,3-4H2,1H3. The van der Waals surface area contributed by atoms with Crippen molar-refractivity contribution in [1.29, 1.82) is 0 Å². The molecule has 0 unspecified atom stereocenters. The topological polar surface area (TPSA) is 46.2 Å². The zero-order chi connectivity index (χ0) is 11.9. The summed E-state index contributed by atoms with van der Waals surface area (Å²) in [6.45, 7) is 1.79. The van der Waals surface area contributed by atoms with Crippen LogP contribution in [-0.2, 0) is 10.0 Å². The molecule has 1 saturated carbocycles. The van der Waals surface area contributed by atoms with Crippen LogP contribution in [0, 0.1) is 6.92 Å². The summed E-state index contributed by atoms with van der Waals surface area (Å²) < 4.78 is 27.2. The van der Waals surface area contributed by atoms with Crippen molar-refractivity contribution in [3.8, 4) is 0 Å². The average molecular weight is 300 g/mol. The van der Waals surface area contributed by atoms with E-state index >= 15 is 0 Å². The Morgan fingerprint density at radius 1 is 1.50 bits per heavy atom. The highest BCUT2D eigenvalue weighted by Gasteiger charge is 2.32. The van der Waals surface area contributed by atoms with E-state index in [0.29, 0.717) is 17.2 Å². The van der Waals surface area contributed by atoms with Crippen molar-refractivity contribution in [2.24, 2.45) is 0 Å². The van der Waals surface area contributed by atoms with Crippen molar-refractivity contribution in [2.75, 3.05) is 0 Å². The predicted octanol–water partition coefficient (Wildman–Crippen LogP) is 2.76. The van der Waals surface area contributed by atoms with Gasteiger partial charge in [-0.05, 0) is 31.4 Å². The molecule has 1 heterocycles. The Kier molecular flexibility index (Phi) is 3.52. The van der Waals surface area contributed by atoms with Crippen LogP contribution in [0.4, 0.5) is 0 Å². The van der Waals surface area contributed by atoms with Crippen molar-refractivity contribution in [3.63, 3.8) is 0 Å². The molecule has 0 bridgehead atoms. The van der Waals surface area contributed by atoms with Gasteiger partial charge in [-0.15, -0.1) is 22.9 Å². The fourth-order valence-corrected chi connectivity index (χ4v) is 4.90. The van der Waals surface area contributed by atoms with Crippen molar-refractivity contribution >= 4 is 44.6 Å². The number of alkyl halides is 1.